The van der Waals surface area contributed by atoms with Crippen molar-refractivity contribution in [3.05, 3.63) is 51.4 Å². The standard InChI is InChI=1S/C18H20N2O6/c1-10-15(21)19-13(14(18(2,3)4)26-16(10)19)17(22)25-9-11-5-7-12(8-6-11)20(23)24/h5-8,10,16H,9H2,1-4H3. The summed E-state index contributed by atoms with van der Waals surface area (Å²) in [5.41, 5.74) is 0.261. The zero-order valence-corrected chi connectivity index (χ0v) is 15.0. The van der Waals surface area contributed by atoms with E-state index in [1.165, 1.54) is 29.2 Å². The highest BCUT2D eigenvalue weighted by molar-refractivity contribution is 5.99. The average molecular weight is 360 g/mol. The zero-order chi connectivity index (χ0) is 19.2. The molecule has 0 aromatic heterocycles. The van der Waals surface area contributed by atoms with E-state index in [2.05, 4.69) is 0 Å². The zero-order valence-electron chi connectivity index (χ0n) is 15.0. The van der Waals surface area contributed by atoms with Crippen LogP contribution >= 0.6 is 0 Å². The Kier molecular flexibility index (Phi) is 4.21. The van der Waals surface area contributed by atoms with Gasteiger partial charge in [0.1, 0.15) is 12.4 Å². The van der Waals surface area contributed by atoms with Crippen LogP contribution in [0.5, 0.6) is 0 Å². The molecule has 8 heteroatoms. The van der Waals surface area contributed by atoms with Crippen molar-refractivity contribution in [2.24, 2.45) is 11.3 Å². The van der Waals surface area contributed by atoms with Crippen molar-refractivity contribution in [1.29, 1.82) is 0 Å². The van der Waals surface area contributed by atoms with E-state index in [4.69, 9.17) is 9.47 Å². The van der Waals surface area contributed by atoms with Crippen LogP contribution in [0.15, 0.2) is 35.7 Å². The van der Waals surface area contributed by atoms with E-state index in [0.717, 1.165) is 0 Å². The number of rotatable bonds is 4. The first-order valence-corrected chi connectivity index (χ1v) is 8.26. The van der Waals surface area contributed by atoms with Crippen molar-refractivity contribution in [3.63, 3.8) is 0 Å². The average Bonchev–Trinajstić information content (AvgIpc) is 2.96. The van der Waals surface area contributed by atoms with Crippen LogP contribution in [0.4, 0.5) is 5.69 Å². The van der Waals surface area contributed by atoms with Gasteiger partial charge in [0.25, 0.3) is 5.69 Å². The molecule has 0 bridgehead atoms. The molecular weight excluding hydrogens is 340 g/mol. The van der Waals surface area contributed by atoms with Gasteiger partial charge < -0.3 is 9.47 Å². The van der Waals surface area contributed by atoms with Gasteiger partial charge in [-0.25, -0.2) is 4.79 Å². The summed E-state index contributed by atoms with van der Waals surface area (Å²) in [5.74, 6) is -0.672. The molecule has 2 atom stereocenters. The number of hydrogen-bond donors (Lipinski definition) is 0. The van der Waals surface area contributed by atoms with Gasteiger partial charge in [-0.1, -0.05) is 20.8 Å². The van der Waals surface area contributed by atoms with Crippen molar-refractivity contribution in [2.75, 3.05) is 0 Å². The lowest BCUT2D eigenvalue weighted by Gasteiger charge is -2.39. The number of ether oxygens (including phenoxy) is 2. The third-order valence-electron chi connectivity index (χ3n) is 4.40. The lowest BCUT2D eigenvalue weighted by atomic mass is 9.92. The summed E-state index contributed by atoms with van der Waals surface area (Å²) in [6.45, 7) is 7.39. The van der Waals surface area contributed by atoms with Crippen LogP contribution in [0.2, 0.25) is 0 Å². The van der Waals surface area contributed by atoms with E-state index < -0.39 is 22.5 Å². The molecule has 2 aliphatic rings. The third-order valence-corrected chi connectivity index (χ3v) is 4.40. The Morgan fingerprint density at radius 2 is 1.92 bits per heavy atom. The Morgan fingerprint density at radius 1 is 1.31 bits per heavy atom. The number of carbonyl (C=O) groups is 2. The predicted molar refractivity (Wildman–Crippen MR) is 90.3 cm³/mol. The minimum Gasteiger partial charge on any atom is -0.471 e. The van der Waals surface area contributed by atoms with Gasteiger partial charge in [-0.2, -0.15) is 0 Å². The predicted octanol–water partition coefficient (Wildman–Crippen LogP) is 2.73. The number of amides is 1. The van der Waals surface area contributed by atoms with E-state index in [1.54, 1.807) is 6.92 Å². The Bertz CT molecular complexity index is 806. The largest absolute Gasteiger partial charge is 0.471 e. The summed E-state index contributed by atoms with van der Waals surface area (Å²) < 4.78 is 11.2. The van der Waals surface area contributed by atoms with Gasteiger partial charge >= 0.3 is 5.97 Å². The normalized spacial score (nSPS) is 21.8. The second-order valence-corrected chi connectivity index (χ2v) is 7.43. The van der Waals surface area contributed by atoms with Crippen LogP contribution in [0.1, 0.15) is 33.3 Å². The Labute approximate surface area is 150 Å². The quantitative estimate of drug-likeness (QED) is 0.354. The monoisotopic (exact) mass is 360 g/mol. The number of β-lactam (4-membered cyclic amide) rings is 1. The van der Waals surface area contributed by atoms with Gasteiger partial charge in [-0.3, -0.25) is 19.8 Å². The van der Waals surface area contributed by atoms with Crippen LogP contribution in [-0.4, -0.2) is 27.9 Å². The fourth-order valence-corrected chi connectivity index (χ4v) is 2.94. The molecule has 3 rings (SSSR count). The molecule has 1 amide bonds. The summed E-state index contributed by atoms with van der Waals surface area (Å²) in [6, 6.07) is 5.74. The van der Waals surface area contributed by atoms with Crippen LogP contribution < -0.4 is 0 Å². The number of benzene rings is 1. The molecule has 138 valence electrons. The first-order chi connectivity index (χ1) is 12.1. The second kappa shape index (κ2) is 6.12. The minimum absolute atomic E-state index is 0.0370. The molecule has 8 nitrogen and oxygen atoms in total. The fraction of sp³-hybridized carbons (Fsp3) is 0.444. The van der Waals surface area contributed by atoms with E-state index in [0.29, 0.717) is 11.3 Å². The summed E-state index contributed by atoms with van der Waals surface area (Å²) >= 11 is 0. The topological polar surface area (TPSA) is 99.0 Å². The molecule has 0 radical (unpaired) electrons. The maximum atomic E-state index is 12.6. The molecule has 1 saturated heterocycles. The second-order valence-electron chi connectivity index (χ2n) is 7.43. The van der Waals surface area contributed by atoms with E-state index in [-0.39, 0.29) is 29.8 Å². The maximum Gasteiger partial charge on any atom is 0.359 e. The van der Waals surface area contributed by atoms with Gasteiger partial charge in [0.15, 0.2) is 11.9 Å². The van der Waals surface area contributed by atoms with Gasteiger partial charge in [-0.15, -0.1) is 0 Å². The number of fused-ring (bicyclic) bond motifs is 1. The van der Waals surface area contributed by atoms with Crippen LogP contribution in [0.25, 0.3) is 0 Å². The van der Waals surface area contributed by atoms with Gasteiger partial charge in [0.2, 0.25) is 5.91 Å². The Balaban J connectivity index is 1.76. The van der Waals surface area contributed by atoms with Crippen molar-refractivity contribution >= 4 is 17.6 Å². The lowest BCUT2D eigenvalue weighted by molar-refractivity contribution is -0.384. The lowest BCUT2D eigenvalue weighted by Crippen LogP contribution is -2.57. The minimum atomic E-state index is -0.643. The molecule has 0 N–H and O–H groups in total. The molecule has 2 unspecified atom stereocenters. The SMILES string of the molecule is CC1C(=O)N2C(C(=O)OCc3ccc([N+](=O)[O-])cc3)=C(C(C)(C)C)OC12. The highest BCUT2D eigenvalue weighted by Gasteiger charge is 2.57. The first kappa shape index (κ1) is 17.9. The van der Waals surface area contributed by atoms with Crippen LogP contribution in [0, 0.1) is 21.4 Å². The maximum absolute atomic E-state index is 12.6. The number of nitro groups is 1. The molecular formula is C18H20N2O6. The Morgan fingerprint density at radius 3 is 2.46 bits per heavy atom. The number of non-ortho nitro benzene ring substituents is 1. The molecule has 0 aliphatic carbocycles. The number of nitrogens with zero attached hydrogens (tertiary/aromatic N) is 2. The molecule has 1 fully saturated rings. The molecule has 1 aromatic rings. The molecule has 0 saturated carbocycles. The summed E-state index contributed by atoms with van der Waals surface area (Å²) in [6.07, 6.45) is -0.460. The number of allylic oxidation sites excluding steroid dienone is 1. The van der Waals surface area contributed by atoms with E-state index >= 15 is 0 Å². The number of carbonyl (C=O) groups excluding carboxylic acids is 2. The van der Waals surface area contributed by atoms with Crippen LogP contribution in [0.3, 0.4) is 0 Å². The Hall–Kier alpha value is -2.90. The third kappa shape index (κ3) is 2.91. The van der Waals surface area contributed by atoms with Crippen molar-refractivity contribution in [2.45, 2.75) is 40.5 Å². The van der Waals surface area contributed by atoms with E-state index in [1.807, 2.05) is 20.8 Å². The summed E-state index contributed by atoms with van der Waals surface area (Å²) in [5, 5.41) is 10.7. The van der Waals surface area contributed by atoms with Crippen molar-refractivity contribution in [3.8, 4) is 0 Å². The molecule has 2 aliphatic heterocycles. The van der Waals surface area contributed by atoms with Crippen LogP contribution in [-0.2, 0) is 25.7 Å². The molecule has 2 heterocycles. The van der Waals surface area contributed by atoms with Gasteiger partial charge in [-0.05, 0) is 24.6 Å². The van der Waals surface area contributed by atoms with Crippen molar-refractivity contribution in [1.82, 2.24) is 4.90 Å². The highest BCUT2D eigenvalue weighted by atomic mass is 16.6. The molecule has 26 heavy (non-hydrogen) atoms. The summed E-state index contributed by atoms with van der Waals surface area (Å²) in [4.78, 5) is 36.3. The highest BCUT2D eigenvalue weighted by Crippen LogP contribution is 2.45. The number of nitro benzene ring substituents is 1. The first-order valence-electron chi connectivity index (χ1n) is 8.26. The molecule has 0 spiro atoms. The van der Waals surface area contributed by atoms with Gasteiger partial charge in [0.05, 0.1) is 10.8 Å². The summed E-state index contributed by atoms with van der Waals surface area (Å²) in [7, 11) is 0. The number of hydrogen-bond acceptors (Lipinski definition) is 6. The smallest absolute Gasteiger partial charge is 0.359 e. The fourth-order valence-electron chi connectivity index (χ4n) is 2.94. The number of esters is 1. The van der Waals surface area contributed by atoms with Crippen molar-refractivity contribution < 1.29 is 24.0 Å². The molecule has 1 aromatic carbocycles. The van der Waals surface area contributed by atoms with E-state index in [9.17, 15) is 19.7 Å². The van der Waals surface area contributed by atoms with Gasteiger partial charge in [0, 0.05) is 17.5 Å².